The fourth-order valence-corrected chi connectivity index (χ4v) is 1.32. The van der Waals surface area contributed by atoms with E-state index in [0.29, 0.717) is 12.8 Å². The number of benzene rings is 1. The maximum absolute atomic E-state index is 10.9. The van der Waals surface area contributed by atoms with Crippen LogP contribution in [-0.4, -0.2) is 23.8 Å². The molecule has 0 amide bonds. The number of hydrogen-bond donors (Lipinski definition) is 1. The van der Waals surface area contributed by atoms with Crippen molar-refractivity contribution in [3.05, 3.63) is 35.9 Å². The van der Waals surface area contributed by atoms with Gasteiger partial charge in [-0.15, -0.1) is 0 Å². The number of aryl methyl sites for hydroxylation is 1. The normalized spacial score (nSPS) is 14.5. The Morgan fingerprint density at radius 3 is 2.47 bits per heavy atom. The molecule has 0 aromatic heterocycles. The van der Waals surface area contributed by atoms with Gasteiger partial charge in [-0.3, -0.25) is 0 Å². The third kappa shape index (κ3) is 3.06. The molecule has 0 aliphatic rings. The molecule has 0 fully saturated rings. The third-order valence-corrected chi connectivity index (χ3v) is 2.64. The van der Waals surface area contributed by atoms with Crippen molar-refractivity contribution in [2.24, 2.45) is 0 Å². The summed E-state index contributed by atoms with van der Waals surface area (Å²) in [5.74, 6) is -0.916. The molecule has 1 N–H and O–H groups in total. The molecule has 0 aliphatic carbocycles. The highest BCUT2D eigenvalue weighted by Crippen LogP contribution is 2.18. The summed E-state index contributed by atoms with van der Waals surface area (Å²) in [4.78, 5) is 10.9. The Hall–Kier alpha value is -1.35. The Morgan fingerprint density at radius 2 is 2.00 bits per heavy atom. The summed E-state index contributed by atoms with van der Waals surface area (Å²) in [7, 11) is 1.43. The van der Waals surface area contributed by atoms with Gasteiger partial charge in [0.2, 0.25) is 0 Å². The first-order valence-electron chi connectivity index (χ1n) is 4.91. The van der Waals surface area contributed by atoms with E-state index in [9.17, 15) is 4.79 Å². The van der Waals surface area contributed by atoms with Crippen LogP contribution in [0.1, 0.15) is 18.9 Å². The summed E-state index contributed by atoms with van der Waals surface area (Å²) in [5.41, 5.74) is 0.0394. The van der Waals surface area contributed by atoms with E-state index in [2.05, 4.69) is 0 Å². The van der Waals surface area contributed by atoms with Crippen LogP contribution in [0.4, 0.5) is 0 Å². The van der Waals surface area contributed by atoms with Crippen molar-refractivity contribution in [3.8, 4) is 0 Å². The highest BCUT2D eigenvalue weighted by Gasteiger charge is 2.32. The molecule has 0 radical (unpaired) electrons. The van der Waals surface area contributed by atoms with Crippen LogP contribution in [0.15, 0.2) is 30.3 Å². The molecular weight excluding hydrogens is 192 g/mol. The van der Waals surface area contributed by atoms with E-state index in [1.54, 1.807) is 6.92 Å². The maximum atomic E-state index is 10.9. The van der Waals surface area contributed by atoms with E-state index in [1.165, 1.54) is 7.11 Å². The van der Waals surface area contributed by atoms with Crippen molar-refractivity contribution in [1.82, 2.24) is 0 Å². The van der Waals surface area contributed by atoms with E-state index in [-0.39, 0.29) is 0 Å². The van der Waals surface area contributed by atoms with Crippen LogP contribution in [0.3, 0.4) is 0 Å². The van der Waals surface area contributed by atoms with E-state index >= 15 is 0 Å². The molecule has 3 heteroatoms. The fraction of sp³-hybridized carbons (Fsp3) is 0.417. The molecule has 1 atom stereocenters. The van der Waals surface area contributed by atoms with Gasteiger partial charge in [0, 0.05) is 7.11 Å². The summed E-state index contributed by atoms with van der Waals surface area (Å²) in [6.45, 7) is 1.60. The highest BCUT2D eigenvalue weighted by molar-refractivity contribution is 5.76. The number of carboxylic acid groups (broad SMARTS) is 1. The SMILES string of the molecule is COC(C)(CCc1ccccc1)C(=O)O. The summed E-state index contributed by atoms with van der Waals surface area (Å²) in [6.07, 6.45) is 1.18. The second kappa shape index (κ2) is 4.94. The van der Waals surface area contributed by atoms with E-state index in [1.807, 2.05) is 30.3 Å². The van der Waals surface area contributed by atoms with Crippen molar-refractivity contribution in [3.63, 3.8) is 0 Å². The monoisotopic (exact) mass is 208 g/mol. The molecular formula is C12H16O3. The van der Waals surface area contributed by atoms with Crippen LogP contribution in [0.25, 0.3) is 0 Å². The average Bonchev–Trinajstić information content (AvgIpc) is 2.27. The van der Waals surface area contributed by atoms with Crippen molar-refractivity contribution >= 4 is 5.97 Å². The first-order valence-corrected chi connectivity index (χ1v) is 4.91. The van der Waals surface area contributed by atoms with Gasteiger partial charge in [0.05, 0.1) is 0 Å². The van der Waals surface area contributed by atoms with Gasteiger partial charge >= 0.3 is 5.97 Å². The zero-order valence-electron chi connectivity index (χ0n) is 9.06. The maximum Gasteiger partial charge on any atom is 0.335 e. The zero-order valence-corrected chi connectivity index (χ0v) is 9.06. The predicted octanol–water partition coefficient (Wildman–Crippen LogP) is 2.11. The number of aliphatic carboxylic acids is 1. The van der Waals surface area contributed by atoms with Gasteiger partial charge in [-0.05, 0) is 25.3 Å². The average molecular weight is 208 g/mol. The third-order valence-electron chi connectivity index (χ3n) is 2.64. The molecule has 82 valence electrons. The Balaban J connectivity index is 2.59. The summed E-state index contributed by atoms with van der Waals surface area (Å²) >= 11 is 0. The van der Waals surface area contributed by atoms with Crippen molar-refractivity contribution in [2.45, 2.75) is 25.4 Å². The fourth-order valence-electron chi connectivity index (χ4n) is 1.32. The van der Waals surface area contributed by atoms with E-state index < -0.39 is 11.6 Å². The van der Waals surface area contributed by atoms with Crippen LogP contribution in [0, 0.1) is 0 Å². The number of carboxylic acids is 1. The van der Waals surface area contributed by atoms with Gasteiger partial charge in [-0.1, -0.05) is 30.3 Å². The standard InChI is InChI=1S/C12H16O3/c1-12(15-2,11(13)14)9-8-10-6-4-3-5-7-10/h3-7H,8-9H2,1-2H3,(H,13,14). The van der Waals surface area contributed by atoms with E-state index in [4.69, 9.17) is 9.84 Å². The summed E-state index contributed by atoms with van der Waals surface area (Å²) < 4.78 is 5.02. The van der Waals surface area contributed by atoms with Gasteiger partial charge in [-0.2, -0.15) is 0 Å². The van der Waals surface area contributed by atoms with Crippen LogP contribution < -0.4 is 0 Å². The quantitative estimate of drug-likeness (QED) is 0.806. The topological polar surface area (TPSA) is 46.5 Å². The molecule has 1 aromatic rings. The van der Waals surface area contributed by atoms with Crippen molar-refractivity contribution in [1.29, 1.82) is 0 Å². The lowest BCUT2D eigenvalue weighted by Gasteiger charge is -2.22. The second-order valence-electron chi connectivity index (χ2n) is 3.73. The highest BCUT2D eigenvalue weighted by atomic mass is 16.5. The smallest absolute Gasteiger partial charge is 0.335 e. The first kappa shape index (κ1) is 11.7. The molecule has 0 aliphatic heterocycles. The van der Waals surface area contributed by atoms with Crippen molar-refractivity contribution in [2.75, 3.05) is 7.11 Å². The molecule has 3 nitrogen and oxygen atoms in total. The number of methoxy groups -OCH3 is 1. The van der Waals surface area contributed by atoms with Crippen LogP contribution in [-0.2, 0) is 16.0 Å². The van der Waals surface area contributed by atoms with Gasteiger partial charge in [0.15, 0.2) is 5.60 Å². The minimum atomic E-state index is -1.09. The van der Waals surface area contributed by atoms with Gasteiger partial charge in [0.25, 0.3) is 0 Å². The minimum absolute atomic E-state index is 0.475. The zero-order chi connectivity index (χ0) is 11.3. The second-order valence-corrected chi connectivity index (χ2v) is 3.73. The molecule has 0 bridgehead atoms. The Kier molecular flexibility index (Phi) is 3.86. The lowest BCUT2D eigenvalue weighted by Crippen LogP contribution is -2.37. The number of ether oxygens (including phenoxy) is 1. The molecule has 0 saturated heterocycles. The first-order chi connectivity index (χ1) is 7.08. The van der Waals surface area contributed by atoms with Gasteiger partial charge in [-0.25, -0.2) is 4.79 Å². The number of rotatable bonds is 5. The Bertz CT molecular complexity index is 321. The largest absolute Gasteiger partial charge is 0.479 e. The minimum Gasteiger partial charge on any atom is -0.479 e. The Labute approximate surface area is 89.7 Å². The predicted molar refractivity (Wildman–Crippen MR) is 57.8 cm³/mol. The molecule has 0 heterocycles. The molecule has 1 rings (SSSR count). The molecule has 15 heavy (non-hydrogen) atoms. The Morgan fingerprint density at radius 1 is 1.40 bits per heavy atom. The lowest BCUT2D eigenvalue weighted by atomic mass is 9.97. The molecule has 0 saturated carbocycles. The molecule has 1 aromatic carbocycles. The van der Waals surface area contributed by atoms with Crippen LogP contribution in [0.2, 0.25) is 0 Å². The van der Waals surface area contributed by atoms with Gasteiger partial charge < -0.3 is 9.84 Å². The molecule has 1 unspecified atom stereocenters. The van der Waals surface area contributed by atoms with Crippen LogP contribution in [0.5, 0.6) is 0 Å². The van der Waals surface area contributed by atoms with Gasteiger partial charge in [0.1, 0.15) is 0 Å². The summed E-state index contributed by atoms with van der Waals surface area (Å²) in [6, 6.07) is 9.80. The summed E-state index contributed by atoms with van der Waals surface area (Å²) in [5, 5.41) is 8.99. The number of hydrogen-bond acceptors (Lipinski definition) is 2. The van der Waals surface area contributed by atoms with E-state index in [0.717, 1.165) is 5.56 Å². The molecule has 0 spiro atoms. The van der Waals surface area contributed by atoms with Crippen LogP contribution >= 0.6 is 0 Å². The van der Waals surface area contributed by atoms with Crippen molar-refractivity contribution < 1.29 is 14.6 Å². The number of carbonyl (C=O) groups is 1. The lowest BCUT2D eigenvalue weighted by molar-refractivity contribution is -0.160.